The molecular weight excluding hydrogens is 276 g/mol. The van der Waals surface area contributed by atoms with Gasteiger partial charge in [0, 0.05) is 17.5 Å². The number of nitrogens with two attached hydrogens (primary N) is 1. The average Bonchev–Trinajstić information content (AvgIpc) is 3.27. The lowest BCUT2D eigenvalue weighted by Crippen LogP contribution is -2.53. The van der Waals surface area contributed by atoms with Gasteiger partial charge in [0.2, 0.25) is 5.91 Å². The van der Waals surface area contributed by atoms with Gasteiger partial charge in [0.05, 0.1) is 18.2 Å². The number of amides is 1. The first kappa shape index (κ1) is 15.1. The molecule has 3 rings (SSSR count). The maximum Gasteiger partial charge on any atom is 0.225 e. The second-order valence-corrected chi connectivity index (χ2v) is 6.77. The normalized spacial score (nSPS) is 17.5. The molecule has 1 amide bonds. The fourth-order valence-electron chi connectivity index (χ4n) is 3.10. The highest BCUT2D eigenvalue weighted by Gasteiger charge is 2.41. The van der Waals surface area contributed by atoms with Gasteiger partial charge >= 0.3 is 0 Å². The van der Waals surface area contributed by atoms with E-state index in [0.29, 0.717) is 18.9 Å². The summed E-state index contributed by atoms with van der Waals surface area (Å²) in [4.78, 5) is 12.4. The summed E-state index contributed by atoms with van der Waals surface area (Å²) in [5, 5.41) is 4.16. The zero-order chi connectivity index (χ0) is 15.9. The Kier molecular flexibility index (Phi) is 3.73. The number of fused-ring (bicyclic) bond motifs is 1. The summed E-state index contributed by atoms with van der Waals surface area (Å²) in [6.07, 6.45) is 4.34. The Morgan fingerprint density at radius 3 is 2.77 bits per heavy atom. The van der Waals surface area contributed by atoms with Gasteiger partial charge < -0.3 is 15.5 Å². The zero-order valence-electron chi connectivity index (χ0n) is 13.5. The summed E-state index contributed by atoms with van der Waals surface area (Å²) >= 11 is 0. The van der Waals surface area contributed by atoms with Gasteiger partial charge in [0.25, 0.3) is 0 Å². The minimum absolute atomic E-state index is 0.0146. The lowest BCUT2D eigenvalue weighted by atomic mass is 9.95. The highest BCUT2D eigenvalue weighted by molar-refractivity contribution is 5.89. The van der Waals surface area contributed by atoms with Crippen LogP contribution in [0.15, 0.2) is 22.8 Å². The number of carbonyl (C=O) groups excluding carboxylic acids is 1. The smallest absolute Gasteiger partial charge is 0.225 e. The highest BCUT2D eigenvalue weighted by atomic mass is 16.3. The summed E-state index contributed by atoms with van der Waals surface area (Å²) in [6, 6.07) is 4.11. The van der Waals surface area contributed by atoms with E-state index in [1.165, 1.54) is 5.56 Å². The van der Waals surface area contributed by atoms with Gasteiger partial charge in [-0.1, -0.05) is 12.1 Å². The minimum atomic E-state index is -0.275. The molecule has 1 heterocycles. The number of rotatable bonds is 5. The standard InChI is InChI=1S/C18H24N2O2/c1-11-4-7-15-13(9-22-17(15)12(11)2)8-16(21)20-18(3,10-19)14-5-6-14/h4,7,9,14H,5-6,8,10,19H2,1-3H3,(H,20,21). The maximum absolute atomic E-state index is 12.4. The van der Waals surface area contributed by atoms with Gasteiger partial charge in [0.15, 0.2) is 0 Å². The monoisotopic (exact) mass is 300 g/mol. The second-order valence-electron chi connectivity index (χ2n) is 6.77. The van der Waals surface area contributed by atoms with Crippen molar-refractivity contribution in [2.75, 3.05) is 6.54 Å². The molecule has 2 aromatic rings. The van der Waals surface area contributed by atoms with Gasteiger partial charge in [-0.25, -0.2) is 0 Å². The third kappa shape index (κ3) is 2.63. The van der Waals surface area contributed by atoms with E-state index in [9.17, 15) is 4.79 Å². The Morgan fingerprint density at radius 1 is 1.41 bits per heavy atom. The van der Waals surface area contributed by atoms with E-state index in [1.54, 1.807) is 6.26 Å². The molecule has 0 aliphatic heterocycles. The molecule has 1 aliphatic carbocycles. The van der Waals surface area contributed by atoms with Crippen LogP contribution in [0.1, 0.15) is 36.5 Å². The molecule has 0 spiro atoms. The van der Waals surface area contributed by atoms with Crippen molar-refractivity contribution in [3.05, 3.63) is 35.1 Å². The molecule has 1 aromatic carbocycles. The van der Waals surface area contributed by atoms with E-state index in [0.717, 1.165) is 34.9 Å². The maximum atomic E-state index is 12.4. The van der Waals surface area contributed by atoms with Gasteiger partial charge in [-0.3, -0.25) is 4.79 Å². The van der Waals surface area contributed by atoms with E-state index in [2.05, 4.69) is 18.3 Å². The Bertz CT molecular complexity index is 715. The van der Waals surface area contributed by atoms with Gasteiger partial charge in [0.1, 0.15) is 5.58 Å². The van der Waals surface area contributed by atoms with Gasteiger partial charge in [-0.05, 0) is 50.7 Å². The minimum Gasteiger partial charge on any atom is -0.464 e. The molecule has 22 heavy (non-hydrogen) atoms. The first-order valence-electron chi connectivity index (χ1n) is 7.92. The highest BCUT2D eigenvalue weighted by Crippen LogP contribution is 2.39. The van der Waals surface area contributed by atoms with Crippen molar-refractivity contribution < 1.29 is 9.21 Å². The van der Waals surface area contributed by atoms with Gasteiger partial charge in [-0.2, -0.15) is 0 Å². The van der Waals surface area contributed by atoms with Crippen molar-refractivity contribution in [3.8, 4) is 0 Å². The van der Waals surface area contributed by atoms with Crippen molar-refractivity contribution in [3.63, 3.8) is 0 Å². The molecular formula is C18H24N2O2. The Hall–Kier alpha value is -1.81. The summed E-state index contributed by atoms with van der Waals surface area (Å²) < 4.78 is 5.67. The SMILES string of the molecule is Cc1ccc2c(CC(=O)NC(C)(CN)C3CC3)coc2c1C. The Labute approximate surface area is 131 Å². The van der Waals surface area contributed by atoms with Crippen molar-refractivity contribution >= 4 is 16.9 Å². The molecule has 0 bridgehead atoms. The number of carbonyl (C=O) groups is 1. The number of nitrogens with one attached hydrogen (secondary N) is 1. The van der Waals surface area contributed by atoms with E-state index in [1.807, 2.05) is 19.9 Å². The van der Waals surface area contributed by atoms with Crippen LogP contribution in [0.3, 0.4) is 0 Å². The molecule has 1 fully saturated rings. The number of hydrogen-bond acceptors (Lipinski definition) is 3. The molecule has 0 saturated heterocycles. The molecule has 4 heteroatoms. The Balaban J connectivity index is 1.78. The molecule has 1 aliphatic rings. The van der Waals surface area contributed by atoms with Crippen molar-refractivity contribution in [2.45, 2.75) is 45.6 Å². The molecule has 1 unspecified atom stereocenters. The van der Waals surface area contributed by atoms with Crippen LogP contribution in [0.4, 0.5) is 0 Å². The van der Waals surface area contributed by atoms with Crippen LogP contribution in [0.5, 0.6) is 0 Å². The number of hydrogen-bond donors (Lipinski definition) is 2. The quantitative estimate of drug-likeness (QED) is 0.892. The zero-order valence-corrected chi connectivity index (χ0v) is 13.5. The first-order valence-corrected chi connectivity index (χ1v) is 7.92. The van der Waals surface area contributed by atoms with Crippen LogP contribution in [0.25, 0.3) is 11.0 Å². The van der Waals surface area contributed by atoms with Crippen molar-refractivity contribution in [2.24, 2.45) is 11.7 Å². The van der Waals surface area contributed by atoms with Crippen LogP contribution in [-0.4, -0.2) is 18.0 Å². The predicted molar refractivity (Wildman–Crippen MR) is 87.7 cm³/mol. The fraction of sp³-hybridized carbons (Fsp3) is 0.500. The topological polar surface area (TPSA) is 68.3 Å². The largest absolute Gasteiger partial charge is 0.464 e. The van der Waals surface area contributed by atoms with Crippen LogP contribution < -0.4 is 11.1 Å². The van der Waals surface area contributed by atoms with Crippen LogP contribution in [0.2, 0.25) is 0 Å². The molecule has 1 saturated carbocycles. The molecule has 3 N–H and O–H groups in total. The van der Waals surface area contributed by atoms with Gasteiger partial charge in [-0.15, -0.1) is 0 Å². The van der Waals surface area contributed by atoms with E-state index in [-0.39, 0.29) is 11.4 Å². The van der Waals surface area contributed by atoms with Crippen LogP contribution in [-0.2, 0) is 11.2 Å². The van der Waals surface area contributed by atoms with Crippen molar-refractivity contribution in [1.82, 2.24) is 5.32 Å². The summed E-state index contributed by atoms with van der Waals surface area (Å²) in [5.41, 5.74) is 9.74. The summed E-state index contributed by atoms with van der Waals surface area (Å²) in [5.74, 6) is 0.535. The lowest BCUT2D eigenvalue weighted by molar-refractivity contribution is -0.122. The number of benzene rings is 1. The molecule has 118 valence electrons. The Morgan fingerprint density at radius 2 is 2.14 bits per heavy atom. The van der Waals surface area contributed by atoms with Crippen LogP contribution >= 0.6 is 0 Å². The van der Waals surface area contributed by atoms with Crippen LogP contribution in [0, 0.1) is 19.8 Å². The second kappa shape index (κ2) is 5.43. The molecule has 1 atom stereocenters. The summed E-state index contributed by atoms with van der Waals surface area (Å²) in [7, 11) is 0. The average molecular weight is 300 g/mol. The van der Waals surface area contributed by atoms with E-state index >= 15 is 0 Å². The van der Waals surface area contributed by atoms with E-state index < -0.39 is 0 Å². The lowest BCUT2D eigenvalue weighted by Gasteiger charge is -2.29. The number of furan rings is 1. The number of aryl methyl sites for hydroxylation is 2. The van der Waals surface area contributed by atoms with Crippen molar-refractivity contribution in [1.29, 1.82) is 0 Å². The first-order chi connectivity index (χ1) is 10.4. The van der Waals surface area contributed by atoms with E-state index in [4.69, 9.17) is 10.2 Å². The molecule has 1 aromatic heterocycles. The predicted octanol–water partition coefficient (Wildman–Crippen LogP) is 2.84. The third-order valence-electron chi connectivity index (χ3n) is 5.02. The summed E-state index contributed by atoms with van der Waals surface area (Å²) in [6.45, 7) is 6.63. The molecule has 4 nitrogen and oxygen atoms in total. The third-order valence-corrected chi connectivity index (χ3v) is 5.02. The fourth-order valence-corrected chi connectivity index (χ4v) is 3.10. The molecule has 0 radical (unpaired) electrons.